The van der Waals surface area contributed by atoms with Crippen LogP contribution in [-0.4, -0.2) is 38.6 Å². The summed E-state index contributed by atoms with van der Waals surface area (Å²) in [7, 11) is -0.584. The van der Waals surface area contributed by atoms with E-state index in [1.54, 1.807) is 61.3 Å². The lowest BCUT2D eigenvalue weighted by atomic mass is 9.95. The van der Waals surface area contributed by atoms with Crippen LogP contribution in [0.5, 0.6) is 0 Å². The number of anilines is 1. The number of carbonyl (C=O) groups is 1. The van der Waals surface area contributed by atoms with E-state index in [-0.39, 0.29) is 4.90 Å². The van der Waals surface area contributed by atoms with E-state index in [4.69, 9.17) is 17.0 Å². The number of nitrogens with one attached hydrogen (secondary N) is 2. The molecule has 1 aliphatic heterocycles. The molecule has 0 saturated heterocycles. The Hall–Kier alpha value is -2.91. The van der Waals surface area contributed by atoms with Crippen molar-refractivity contribution in [2.24, 2.45) is 0 Å². The lowest BCUT2D eigenvalue weighted by molar-refractivity contribution is -0.136. The standard InChI is InChI=1S/C20H21N3O4S2/c1-13-17(19(24)27-3)18(21-20(28)23(13)2)14-9-11-15(12-10-14)22-29(25,26)16-7-5-4-6-8-16/h4-12,18,22H,1-3H3,(H,21,28)/t18-/m0/s1. The molecule has 2 aromatic rings. The largest absolute Gasteiger partial charge is 0.466 e. The summed E-state index contributed by atoms with van der Waals surface area (Å²) in [6.07, 6.45) is 0. The minimum atomic E-state index is -3.68. The zero-order valence-corrected chi connectivity index (χ0v) is 17.8. The average molecular weight is 432 g/mol. The van der Waals surface area contributed by atoms with Gasteiger partial charge in [0.25, 0.3) is 10.0 Å². The van der Waals surface area contributed by atoms with Crippen LogP contribution in [0.1, 0.15) is 18.5 Å². The normalized spacial score (nSPS) is 17.0. The number of ether oxygens (including phenoxy) is 1. The molecule has 152 valence electrons. The molecule has 2 N–H and O–H groups in total. The van der Waals surface area contributed by atoms with Crippen LogP contribution in [-0.2, 0) is 19.6 Å². The van der Waals surface area contributed by atoms with Crippen LogP contribution in [0, 0.1) is 0 Å². The van der Waals surface area contributed by atoms with Gasteiger partial charge in [0, 0.05) is 18.4 Å². The number of sulfonamides is 1. The van der Waals surface area contributed by atoms with E-state index < -0.39 is 22.0 Å². The first-order valence-electron chi connectivity index (χ1n) is 8.75. The molecule has 0 spiro atoms. The molecule has 0 fully saturated rings. The Morgan fingerprint density at radius 3 is 2.34 bits per heavy atom. The maximum atomic E-state index is 12.5. The van der Waals surface area contributed by atoms with Crippen molar-refractivity contribution in [2.45, 2.75) is 17.9 Å². The first-order chi connectivity index (χ1) is 13.7. The molecule has 0 bridgehead atoms. The van der Waals surface area contributed by atoms with Crippen molar-refractivity contribution in [3.63, 3.8) is 0 Å². The van der Waals surface area contributed by atoms with Gasteiger partial charge in [-0.25, -0.2) is 13.2 Å². The predicted octanol–water partition coefficient (Wildman–Crippen LogP) is 2.80. The Morgan fingerprint density at radius 1 is 1.14 bits per heavy atom. The van der Waals surface area contributed by atoms with Gasteiger partial charge in [0.2, 0.25) is 0 Å². The van der Waals surface area contributed by atoms with Crippen LogP contribution >= 0.6 is 12.2 Å². The second-order valence-corrected chi connectivity index (χ2v) is 8.54. The molecule has 0 saturated carbocycles. The first-order valence-corrected chi connectivity index (χ1v) is 10.6. The number of hydrogen-bond donors (Lipinski definition) is 2. The minimum Gasteiger partial charge on any atom is -0.466 e. The Kier molecular flexibility index (Phi) is 5.90. The summed E-state index contributed by atoms with van der Waals surface area (Å²) in [4.78, 5) is 14.2. The molecular formula is C20H21N3O4S2. The van der Waals surface area contributed by atoms with Gasteiger partial charge >= 0.3 is 5.97 Å². The van der Waals surface area contributed by atoms with Gasteiger partial charge < -0.3 is 15.0 Å². The average Bonchev–Trinajstić information content (AvgIpc) is 2.72. The number of hydrogen-bond acceptors (Lipinski definition) is 5. The molecule has 7 nitrogen and oxygen atoms in total. The fourth-order valence-electron chi connectivity index (χ4n) is 3.02. The molecule has 0 unspecified atom stereocenters. The van der Waals surface area contributed by atoms with Crippen LogP contribution < -0.4 is 10.0 Å². The van der Waals surface area contributed by atoms with Crippen molar-refractivity contribution in [1.82, 2.24) is 10.2 Å². The summed E-state index contributed by atoms with van der Waals surface area (Å²) in [6, 6.07) is 14.4. The van der Waals surface area contributed by atoms with Crippen molar-refractivity contribution in [1.29, 1.82) is 0 Å². The highest BCUT2D eigenvalue weighted by Gasteiger charge is 2.33. The highest BCUT2D eigenvalue weighted by molar-refractivity contribution is 7.92. The molecule has 0 aromatic heterocycles. The van der Waals surface area contributed by atoms with Gasteiger partial charge in [-0.2, -0.15) is 0 Å². The van der Waals surface area contributed by atoms with Gasteiger partial charge in [0.15, 0.2) is 5.11 Å². The monoisotopic (exact) mass is 431 g/mol. The number of esters is 1. The predicted molar refractivity (Wildman–Crippen MR) is 115 cm³/mol. The Bertz CT molecular complexity index is 1060. The zero-order chi connectivity index (χ0) is 21.2. The first kappa shape index (κ1) is 20.8. The third kappa shape index (κ3) is 4.25. The van der Waals surface area contributed by atoms with Gasteiger partial charge in [-0.05, 0) is 49.0 Å². The minimum absolute atomic E-state index is 0.179. The van der Waals surface area contributed by atoms with Crippen LogP contribution in [0.15, 0.2) is 70.8 Å². The van der Waals surface area contributed by atoms with Crippen LogP contribution in [0.25, 0.3) is 0 Å². The van der Waals surface area contributed by atoms with Crippen LogP contribution in [0.2, 0.25) is 0 Å². The molecule has 1 heterocycles. The summed E-state index contributed by atoms with van der Waals surface area (Å²) >= 11 is 5.35. The molecule has 1 atom stereocenters. The third-order valence-corrected chi connectivity index (χ3v) is 6.50. The van der Waals surface area contributed by atoms with Gasteiger partial charge in [0.1, 0.15) is 0 Å². The second-order valence-electron chi connectivity index (χ2n) is 6.47. The van der Waals surface area contributed by atoms with Crippen molar-refractivity contribution >= 4 is 39.0 Å². The smallest absolute Gasteiger partial charge is 0.337 e. The summed E-state index contributed by atoms with van der Waals surface area (Å²) in [5.74, 6) is -0.455. The zero-order valence-electron chi connectivity index (χ0n) is 16.2. The summed E-state index contributed by atoms with van der Waals surface area (Å²) in [5.41, 5.74) is 2.30. The van der Waals surface area contributed by atoms with E-state index in [1.165, 1.54) is 19.2 Å². The van der Waals surface area contributed by atoms with Gasteiger partial charge in [0.05, 0.1) is 23.6 Å². The lowest BCUT2D eigenvalue weighted by Gasteiger charge is -2.35. The number of nitrogens with zero attached hydrogens (tertiary/aromatic N) is 1. The molecule has 9 heteroatoms. The van der Waals surface area contributed by atoms with Crippen molar-refractivity contribution < 1.29 is 17.9 Å². The Morgan fingerprint density at radius 2 is 1.76 bits per heavy atom. The molecule has 0 aliphatic carbocycles. The molecule has 29 heavy (non-hydrogen) atoms. The fourth-order valence-corrected chi connectivity index (χ4v) is 4.35. The van der Waals surface area contributed by atoms with Crippen LogP contribution in [0.4, 0.5) is 5.69 Å². The molecular weight excluding hydrogens is 410 g/mol. The van der Waals surface area contributed by atoms with Crippen LogP contribution in [0.3, 0.4) is 0 Å². The Labute approximate surface area is 175 Å². The van der Waals surface area contributed by atoms with Crippen molar-refractivity contribution in [3.8, 4) is 0 Å². The molecule has 1 aliphatic rings. The number of carbonyl (C=O) groups excluding carboxylic acids is 1. The number of allylic oxidation sites excluding steroid dienone is 1. The second kappa shape index (κ2) is 8.22. The summed E-state index contributed by atoms with van der Waals surface area (Å²) < 4.78 is 32.4. The number of methoxy groups -OCH3 is 1. The highest BCUT2D eigenvalue weighted by atomic mass is 32.2. The lowest BCUT2D eigenvalue weighted by Crippen LogP contribution is -2.46. The topological polar surface area (TPSA) is 87.7 Å². The maximum absolute atomic E-state index is 12.5. The van der Waals surface area contributed by atoms with Gasteiger partial charge in [-0.3, -0.25) is 4.72 Å². The maximum Gasteiger partial charge on any atom is 0.337 e. The van der Waals surface area contributed by atoms with E-state index in [1.807, 2.05) is 0 Å². The van der Waals surface area contributed by atoms with Gasteiger partial charge in [-0.1, -0.05) is 30.3 Å². The molecule has 0 radical (unpaired) electrons. The highest BCUT2D eigenvalue weighted by Crippen LogP contribution is 2.31. The molecule has 2 aromatic carbocycles. The Balaban J connectivity index is 1.89. The number of benzene rings is 2. The number of rotatable bonds is 5. The van der Waals surface area contributed by atoms with E-state index in [0.717, 1.165) is 5.56 Å². The van der Waals surface area contributed by atoms with E-state index in [0.29, 0.717) is 22.1 Å². The SMILES string of the molecule is COC(=O)C1=C(C)N(C)C(=S)N[C@H]1c1ccc(NS(=O)(=O)c2ccccc2)cc1. The molecule has 3 rings (SSSR count). The van der Waals surface area contributed by atoms with E-state index in [9.17, 15) is 13.2 Å². The molecule has 0 amide bonds. The van der Waals surface area contributed by atoms with Crippen molar-refractivity contribution in [2.75, 3.05) is 18.9 Å². The summed E-state index contributed by atoms with van der Waals surface area (Å²) in [6.45, 7) is 1.80. The van der Waals surface area contributed by atoms with E-state index >= 15 is 0 Å². The number of thiocarbonyl (C=S) groups is 1. The quantitative estimate of drug-likeness (QED) is 0.556. The van der Waals surface area contributed by atoms with Gasteiger partial charge in [-0.15, -0.1) is 0 Å². The van der Waals surface area contributed by atoms with E-state index in [2.05, 4.69) is 10.0 Å². The third-order valence-electron chi connectivity index (χ3n) is 4.71. The van der Waals surface area contributed by atoms with Crippen molar-refractivity contribution in [3.05, 3.63) is 71.4 Å². The summed E-state index contributed by atoms with van der Waals surface area (Å²) in [5, 5.41) is 3.61. The fraction of sp³-hybridized carbons (Fsp3) is 0.200.